The SMILES string of the molecule is CNC1CCCc2ccc(OCc3ccc(F)cc3)cc21. The third-order valence-corrected chi connectivity index (χ3v) is 4.10. The Labute approximate surface area is 125 Å². The molecule has 0 radical (unpaired) electrons. The summed E-state index contributed by atoms with van der Waals surface area (Å²) in [6.45, 7) is 0.462. The van der Waals surface area contributed by atoms with Gasteiger partial charge in [-0.05, 0) is 67.3 Å². The second-order valence-electron chi connectivity index (χ2n) is 5.51. The quantitative estimate of drug-likeness (QED) is 0.916. The van der Waals surface area contributed by atoms with E-state index in [-0.39, 0.29) is 5.82 Å². The molecule has 3 heteroatoms. The number of halogens is 1. The van der Waals surface area contributed by atoms with Crippen LogP contribution in [0, 0.1) is 5.82 Å². The van der Waals surface area contributed by atoms with E-state index in [9.17, 15) is 4.39 Å². The second kappa shape index (κ2) is 6.27. The third-order valence-electron chi connectivity index (χ3n) is 4.10. The molecule has 1 aliphatic rings. The molecule has 1 aliphatic carbocycles. The van der Waals surface area contributed by atoms with Crippen LogP contribution in [-0.4, -0.2) is 7.05 Å². The maximum Gasteiger partial charge on any atom is 0.123 e. The third kappa shape index (κ3) is 3.24. The van der Waals surface area contributed by atoms with Crippen molar-refractivity contribution in [1.82, 2.24) is 5.32 Å². The lowest BCUT2D eigenvalue weighted by atomic mass is 9.87. The molecule has 1 atom stereocenters. The zero-order valence-electron chi connectivity index (χ0n) is 12.2. The van der Waals surface area contributed by atoms with Crippen molar-refractivity contribution in [1.29, 1.82) is 0 Å². The normalized spacial score (nSPS) is 17.3. The Kier molecular flexibility index (Phi) is 4.20. The predicted octanol–water partition coefficient (Wildman–Crippen LogP) is 4.00. The number of rotatable bonds is 4. The van der Waals surface area contributed by atoms with Crippen LogP contribution in [-0.2, 0) is 13.0 Å². The van der Waals surface area contributed by atoms with Gasteiger partial charge in [-0.25, -0.2) is 4.39 Å². The van der Waals surface area contributed by atoms with Gasteiger partial charge in [-0.15, -0.1) is 0 Å². The highest BCUT2D eigenvalue weighted by Gasteiger charge is 2.19. The van der Waals surface area contributed by atoms with Crippen LogP contribution in [0.2, 0.25) is 0 Å². The fourth-order valence-corrected chi connectivity index (χ4v) is 2.91. The average Bonchev–Trinajstić information content (AvgIpc) is 2.53. The van der Waals surface area contributed by atoms with Gasteiger partial charge < -0.3 is 10.1 Å². The Bertz CT molecular complexity index is 609. The molecule has 0 saturated heterocycles. The second-order valence-corrected chi connectivity index (χ2v) is 5.51. The van der Waals surface area contributed by atoms with Gasteiger partial charge in [-0.1, -0.05) is 18.2 Å². The van der Waals surface area contributed by atoms with Gasteiger partial charge in [0, 0.05) is 6.04 Å². The number of hydrogen-bond donors (Lipinski definition) is 1. The monoisotopic (exact) mass is 285 g/mol. The van der Waals surface area contributed by atoms with Crippen LogP contribution in [0.4, 0.5) is 4.39 Å². The maximum atomic E-state index is 12.9. The Morgan fingerprint density at radius 2 is 2.00 bits per heavy atom. The standard InChI is InChI=1S/C18H20FNO/c1-20-18-4-2-3-14-7-10-16(11-17(14)18)21-12-13-5-8-15(19)9-6-13/h5-11,18,20H,2-4,12H2,1H3. The first-order valence-electron chi connectivity index (χ1n) is 7.43. The van der Waals surface area contributed by atoms with Gasteiger partial charge in [0.2, 0.25) is 0 Å². The lowest BCUT2D eigenvalue weighted by Gasteiger charge is -2.25. The van der Waals surface area contributed by atoms with Crippen molar-refractivity contribution in [3.63, 3.8) is 0 Å². The van der Waals surface area contributed by atoms with E-state index < -0.39 is 0 Å². The first-order valence-corrected chi connectivity index (χ1v) is 7.43. The highest BCUT2D eigenvalue weighted by atomic mass is 19.1. The molecule has 2 aromatic carbocycles. The van der Waals surface area contributed by atoms with Crippen molar-refractivity contribution in [2.24, 2.45) is 0 Å². The molecule has 0 amide bonds. The molecule has 0 heterocycles. The van der Waals surface area contributed by atoms with E-state index in [0.717, 1.165) is 17.7 Å². The van der Waals surface area contributed by atoms with Crippen molar-refractivity contribution in [3.8, 4) is 5.75 Å². The van der Waals surface area contributed by atoms with Gasteiger partial charge in [0.05, 0.1) is 0 Å². The van der Waals surface area contributed by atoms with Crippen LogP contribution in [0.25, 0.3) is 0 Å². The summed E-state index contributed by atoms with van der Waals surface area (Å²) in [5.41, 5.74) is 3.73. The largest absolute Gasteiger partial charge is 0.489 e. The van der Waals surface area contributed by atoms with E-state index in [4.69, 9.17) is 4.74 Å². The number of nitrogens with one attached hydrogen (secondary N) is 1. The number of hydrogen-bond acceptors (Lipinski definition) is 2. The van der Waals surface area contributed by atoms with E-state index in [2.05, 4.69) is 17.4 Å². The lowest BCUT2D eigenvalue weighted by Crippen LogP contribution is -2.21. The minimum Gasteiger partial charge on any atom is -0.489 e. The average molecular weight is 285 g/mol. The lowest BCUT2D eigenvalue weighted by molar-refractivity contribution is 0.305. The van der Waals surface area contributed by atoms with Gasteiger partial charge >= 0.3 is 0 Å². The number of fused-ring (bicyclic) bond motifs is 1. The van der Waals surface area contributed by atoms with Crippen molar-refractivity contribution in [3.05, 3.63) is 65.0 Å². The number of ether oxygens (including phenoxy) is 1. The highest BCUT2D eigenvalue weighted by Crippen LogP contribution is 2.32. The Morgan fingerprint density at radius 3 is 2.76 bits per heavy atom. The minimum absolute atomic E-state index is 0.218. The molecule has 0 aliphatic heterocycles. The van der Waals surface area contributed by atoms with Gasteiger partial charge in [-0.2, -0.15) is 0 Å². The molecule has 21 heavy (non-hydrogen) atoms. The van der Waals surface area contributed by atoms with E-state index in [1.165, 1.54) is 36.1 Å². The summed E-state index contributed by atoms with van der Waals surface area (Å²) in [6, 6.07) is 13.2. The molecule has 3 rings (SSSR count). The molecular formula is C18H20FNO. The summed E-state index contributed by atoms with van der Waals surface area (Å²) < 4.78 is 18.7. The topological polar surface area (TPSA) is 21.3 Å². The Balaban J connectivity index is 1.73. The molecule has 1 unspecified atom stereocenters. The molecule has 0 fully saturated rings. The first kappa shape index (κ1) is 14.1. The molecule has 2 nitrogen and oxygen atoms in total. The van der Waals surface area contributed by atoms with E-state index in [0.29, 0.717) is 12.6 Å². The summed E-state index contributed by atoms with van der Waals surface area (Å²) in [5, 5.41) is 3.37. The van der Waals surface area contributed by atoms with E-state index in [1.54, 1.807) is 12.1 Å². The summed E-state index contributed by atoms with van der Waals surface area (Å²) in [7, 11) is 2.01. The summed E-state index contributed by atoms with van der Waals surface area (Å²) >= 11 is 0. The first-order chi connectivity index (χ1) is 10.3. The molecule has 0 saturated carbocycles. The Morgan fingerprint density at radius 1 is 1.19 bits per heavy atom. The fraction of sp³-hybridized carbons (Fsp3) is 0.333. The van der Waals surface area contributed by atoms with Crippen LogP contribution in [0.15, 0.2) is 42.5 Å². The number of benzene rings is 2. The number of aryl methyl sites for hydroxylation is 1. The van der Waals surface area contributed by atoms with E-state index in [1.807, 2.05) is 13.1 Å². The van der Waals surface area contributed by atoms with Crippen LogP contribution >= 0.6 is 0 Å². The van der Waals surface area contributed by atoms with Crippen LogP contribution in [0.1, 0.15) is 35.6 Å². The van der Waals surface area contributed by atoms with Crippen molar-refractivity contribution in [2.45, 2.75) is 31.9 Å². The van der Waals surface area contributed by atoms with Crippen LogP contribution in [0.3, 0.4) is 0 Å². The molecule has 110 valence electrons. The van der Waals surface area contributed by atoms with Crippen LogP contribution in [0.5, 0.6) is 5.75 Å². The van der Waals surface area contributed by atoms with Crippen molar-refractivity contribution >= 4 is 0 Å². The van der Waals surface area contributed by atoms with Gasteiger partial charge in [0.15, 0.2) is 0 Å². The van der Waals surface area contributed by atoms with Crippen LogP contribution < -0.4 is 10.1 Å². The summed E-state index contributed by atoms with van der Waals surface area (Å²) in [4.78, 5) is 0. The van der Waals surface area contributed by atoms with Crippen molar-refractivity contribution < 1.29 is 9.13 Å². The smallest absolute Gasteiger partial charge is 0.123 e. The fourth-order valence-electron chi connectivity index (χ4n) is 2.91. The molecule has 0 bridgehead atoms. The molecule has 0 spiro atoms. The molecule has 0 aromatic heterocycles. The highest BCUT2D eigenvalue weighted by molar-refractivity contribution is 5.39. The maximum absolute atomic E-state index is 12.9. The van der Waals surface area contributed by atoms with E-state index >= 15 is 0 Å². The van der Waals surface area contributed by atoms with Crippen molar-refractivity contribution in [2.75, 3.05) is 7.05 Å². The zero-order chi connectivity index (χ0) is 14.7. The molecule has 2 aromatic rings. The molecular weight excluding hydrogens is 265 g/mol. The predicted molar refractivity (Wildman–Crippen MR) is 81.9 cm³/mol. The molecule has 1 N–H and O–H groups in total. The minimum atomic E-state index is -0.218. The van der Waals surface area contributed by atoms with Gasteiger partial charge in [-0.3, -0.25) is 0 Å². The summed E-state index contributed by atoms with van der Waals surface area (Å²) in [6.07, 6.45) is 3.55. The Hall–Kier alpha value is -1.87. The summed E-state index contributed by atoms with van der Waals surface area (Å²) in [5.74, 6) is 0.657. The zero-order valence-corrected chi connectivity index (χ0v) is 12.2. The van der Waals surface area contributed by atoms with Gasteiger partial charge in [0.25, 0.3) is 0 Å². The van der Waals surface area contributed by atoms with Gasteiger partial charge in [0.1, 0.15) is 18.2 Å².